The van der Waals surface area contributed by atoms with Crippen molar-refractivity contribution in [2.24, 2.45) is 0 Å². The van der Waals surface area contributed by atoms with Crippen LogP contribution in [0.15, 0.2) is 36.9 Å². The number of aryl methyl sites for hydroxylation is 2. The van der Waals surface area contributed by atoms with Gasteiger partial charge in [-0.05, 0) is 49.6 Å². The van der Waals surface area contributed by atoms with Crippen molar-refractivity contribution in [3.8, 4) is 5.75 Å². The third-order valence-electron chi connectivity index (χ3n) is 3.93. The quantitative estimate of drug-likeness (QED) is 0.821. The predicted octanol–water partition coefficient (Wildman–Crippen LogP) is 2.56. The zero-order chi connectivity index (χ0) is 13.8. The standard InChI is InChI=1S/C16H21N3O/c1-17-16-6-3-13-11-14(4-5-15(13)16)20-10-2-8-19-9-7-18-12-19/h4-5,7,9,11-12,16-17H,2-3,6,8,10H2,1H3. The van der Waals surface area contributed by atoms with Gasteiger partial charge in [-0.2, -0.15) is 0 Å². The molecule has 1 aromatic heterocycles. The van der Waals surface area contributed by atoms with Crippen LogP contribution in [0.1, 0.15) is 30.0 Å². The molecule has 1 atom stereocenters. The van der Waals surface area contributed by atoms with Crippen molar-refractivity contribution in [2.75, 3.05) is 13.7 Å². The molecule has 0 saturated heterocycles. The van der Waals surface area contributed by atoms with E-state index < -0.39 is 0 Å². The number of nitrogens with one attached hydrogen (secondary N) is 1. The molecule has 0 saturated carbocycles. The molecule has 1 N–H and O–H groups in total. The number of imidazole rings is 1. The second kappa shape index (κ2) is 6.09. The highest BCUT2D eigenvalue weighted by molar-refractivity contribution is 5.40. The monoisotopic (exact) mass is 271 g/mol. The van der Waals surface area contributed by atoms with Crippen molar-refractivity contribution in [3.05, 3.63) is 48.0 Å². The van der Waals surface area contributed by atoms with Gasteiger partial charge in [-0.1, -0.05) is 6.07 Å². The Kier molecular flexibility index (Phi) is 4.02. The minimum atomic E-state index is 0.514. The third kappa shape index (κ3) is 2.85. The molecule has 106 valence electrons. The zero-order valence-corrected chi connectivity index (χ0v) is 11.9. The van der Waals surface area contributed by atoms with Crippen LogP contribution in [0.5, 0.6) is 5.75 Å². The van der Waals surface area contributed by atoms with Crippen LogP contribution in [-0.4, -0.2) is 23.2 Å². The van der Waals surface area contributed by atoms with Crippen LogP contribution in [0.2, 0.25) is 0 Å². The highest BCUT2D eigenvalue weighted by Crippen LogP contribution is 2.33. The third-order valence-corrected chi connectivity index (χ3v) is 3.93. The van der Waals surface area contributed by atoms with Gasteiger partial charge in [0, 0.05) is 25.0 Å². The Morgan fingerprint density at radius 1 is 1.45 bits per heavy atom. The summed E-state index contributed by atoms with van der Waals surface area (Å²) in [5, 5.41) is 3.36. The average Bonchev–Trinajstić information content (AvgIpc) is 3.12. The van der Waals surface area contributed by atoms with E-state index in [-0.39, 0.29) is 0 Å². The van der Waals surface area contributed by atoms with Gasteiger partial charge in [0.15, 0.2) is 0 Å². The van der Waals surface area contributed by atoms with Crippen molar-refractivity contribution < 1.29 is 4.74 Å². The van der Waals surface area contributed by atoms with Gasteiger partial charge in [0.1, 0.15) is 5.75 Å². The average molecular weight is 271 g/mol. The van der Waals surface area contributed by atoms with Crippen LogP contribution in [0.3, 0.4) is 0 Å². The van der Waals surface area contributed by atoms with Gasteiger partial charge in [-0.15, -0.1) is 0 Å². The van der Waals surface area contributed by atoms with E-state index >= 15 is 0 Å². The van der Waals surface area contributed by atoms with Gasteiger partial charge in [-0.3, -0.25) is 0 Å². The van der Waals surface area contributed by atoms with Crippen molar-refractivity contribution in [1.29, 1.82) is 0 Å². The highest BCUT2D eigenvalue weighted by Gasteiger charge is 2.20. The van der Waals surface area contributed by atoms with Crippen molar-refractivity contribution in [1.82, 2.24) is 14.9 Å². The second-order valence-corrected chi connectivity index (χ2v) is 5.24. The summed E-state index contributed by atoms with van der Waals surface area (Å²) in [7, 11) is 2.03. The highest BCUT2D eigenvalue weighted by atomic mass is 16.5. The molecule has 1 aliphatic rings. The lowest BCUT2D eigenvalue weighted by Gasteiger charge is -2.11. The van der Waals surface area contributed by atoms with Crippen molar-refractivity contribution in [2.45, 2.75) is 31.8 Å². The smallest absolute Gasteiger partial charge is 0.119 e. The number of nitrogens with zero attached hydrogens (tertiary/aromatic N) is 2. The Hall–Kier alpha value is -1.81. The van der Waals surface area contributed by atoms with E-state index in [4.69, 9.17) is 4.74 Å². The Labute approximate surface area is 119 Å². The van der Waals surface area contributed by atoms with E-state index in [9.17, 15) is 0 Å². The first-order chi connectivity index (χ1) is 9.86. The van der Waals surface area contributed by atoms with E-state index in [1.54, 1.807) is 6.20 Å². The van der Waals surface area contributed by atoms with Gasteiger partial charge in [0.05, 0.1) is 12.9 Å². The minimum Gasteiger partial charge on any atom is -0.494 e. The molecule has 1 aliphatic carbocycles. The van der Waals surface area contributed by atoms with E-state index in [0.29, 0.717) is 6.04 Å². The van der Waals surface area contributed by atoms with Gasteiger partial charge in [-0.25, -0.2) is 4.98 Å². The summed E-state index contributed by atoms with van der Waals surface area (Å²) in [5.74, 6) is 0.992. The summed E-state index contributed by atoms with van der Waals surface area (Å²) in [4.78, 5) is 4.03. The lowest BCUT2D eigenvalue weighted by atomic mass is 10.1. The zero-order valence-electron chi connectivity index (χ0n) is 11.9. The fourth-order valence-electron chi connectivity index (χ4n) is 2.84. The SMILES string of the molecule is CNC1CCc2cc(OCCCn3ccnc3)ccc21. The Morgan fingerprint density at radius 3 is 3.20 bits per heavy atom. The van der Waals surface area contributed by atoms with Crippen LogP contribution in [0.4, 0.5) is 0 Å². The molecule has 20 heavy (non-hydrogen) atoms. The summed E-state index contributed by atoms with van der Waals surface area (Å²) >= 11 is 0. The first-order valence-electron chi connectivity index (χ1n) is 7.25. The largest absolute Gasteiger partial charge is 0.494 e. The molecule has 1 aromatic carbocycles. The Balaban J connectivity index is 1.51. The fraction of sp³-hybridized carbons (Fsp3) is 0.438. The van der Waals surface area contributed by atoms with Crippen LogP contribution >= 0.6 is 0 Å². The van der Waals surface area contributed by atoms with E-state index in [1.165, 1.54) is 17.5 Å². The number of aromatic nitrogens is 2. The Bertz CT molecular complexity index is 551. The molecular formula is C16H21N3O. The maximum absolute atomic E-state index is 5.84. The van der Waals surface area contributed by atoms with Gasteiger partial charge < -0.3 is 14.6 Å². The van der Waals surface area contributed by atoms with Crippen LogP contribution in [-0.2, 0) is 13.0 Å². The molecule has 0 fully saturated rings. The second-order valence-electron chi connectivity index (χ2n) is 5.24. The summed E-state index contributed by atoms with van der Waals surface area (Å²) in [5.41, 5.74) is 2.86. The topological polar surface area (TPSA) is 39.1 Å². The normalized spacial score (nSPS) is 17.1. The predicted molar refractivity (Wildman–Crippen MR) is 78.9 cm³/mol. The van der Waals surface area contributed by atoms with Crippen molar-refractivity contribution >= 4 is 0 Å². The van der Waals surface area contributed by atoms with Crippen molar-refractivity contribution in [3.63, 3.8) is 0 Å². The fourth-order valence-corrected chi connectivity index (χ4v) is 2.84. The van der Waals surface area contributed by atoms with Gasteiger partial charge >= 0.3 is 0 Å². The molecule has 0 amide bonds. The molecule has 0 bridgehead atoms. The number of rotatable bonds is 6. The molecule has 4 nitrogen and oxygen atoms in total. The van der Waals surface area contributed by atoms with E-state index in [0.717, 1.165) is 31.7 Å². The lowest BCUT2D eigenvalue weighted by molar-refractivity contribution is 0.301. The maximum atomic E-state index is 5.84. The number of fused-ring (bicyclic) bond motifs is 1. The molecular weight excluding hydrogens is 250 g/mol. The molecule has 4 heteroatoms. The molecule has 1 unspecified atom stereocenters. The Morgan fingerprint density at radius 2 is 2.40 bits per heavy atom. The minimum absolute atomic E-state index is 0.514. The van der Waals surface area contributed by atoms with Gasteiger partial charge in [0.2, 0.25) is 0 Å². The molecule has 2 aromatic rings. The molecule has 1 heterocycles. The first-order valence-corrected chi connectivity index (χ1v) is 7.25. The summed E-state index contributed by atoms with van der Waals surface area (Å²) in [6, 6.07) is 7.00. The molecule has 0 spiro atoms. The lowest BCUT2D eigenvalue weighted by Crippen LogP contribution is -2.12. The molecule has 0 radical (unpaired) electrons. The first kappa shape index (κ1) is 13.2. The molecule has 0 aliphatic heterocycles. The van der Waals surface area contributed by atoms with Gasteiger partial charge in [0.25, 0.3) is 0 Å². The maximum Gasteiger partial charge on any atom is 0.119 e. The van der Waals surface area contributed by atoms with Crippen LogP contribution < -0.4 is 10.1 Å². The number of hydrogen-bond acceptors (Lipinski definition) is 3. The summed E-state index contributed by atoms with van der Waals surface area (Å²) < 4.78 is 7.92. The summed E-state index contributed by atoms with van der Waals surface area (Å²) in [6.45, 7) is 1.69. The number of ether oxygens (including phenoxy) is 1. The van der Waals surface area contributed by atoms with E-state index in [2.05, 4.69) is 33.1 Å². The number of benzene rings is 1. The van der Waals surface area contributed by atoms with E-state index in [1.807, 2.05) is 19.6 Å². The molecule has 3 rings (SSSR count). The number of hydrogen-bond donors (Lipinski definition) is 1. The summed E-state index contributed by atoms with van der Waals surface area (Å²) in [6.07, 6.45) is 8.95. The van der Waals surface area contributed by atoms with Crippen LogP contribution in [0, 0.1) is 0 Å². The van der Waals surface area contributed by atoms with Crippen LogP contribution in [0.25, 0.3) is 0 Å².